The fraction of sp³-hybridized carbons (Fsp3) is 0.635. The van der Waals surface area contributed by atoms with Gasteiger partial charge >= 0.3 is 0 Å². The molecule has 0 radical (unpaired) electrons. The van der Waals surface area contributed by atoms with Gasteiger partial charge in [-0.05, 0) is 166 Å². The molecule has 0 fully saturated rings. The molecule has 14 heteroatoms. The topological polar surface area (TPSA) is 73.8 Å². The monoisotopic (exact) mass is 1720 g/mol. The average molecular weight is 1720 g/mol. The van der Waals surface area contributed by atoms with Crippen molar-refractivity contribution in [3.63, 3.8) is 0 Å². The molecule has 118 heavy (non-hydrogen) atoms. The summed E-state index contributed by atoms with van der Waals surface area (Å²) in [5, 5.41) is 5.23. The molecule has 0 saturated heterocycles. The molecular formula is C104H168O8S2Si4. The van der Waals surface area contributed by atoms with Crippen LogP contribution in [0.3, 0.4) is 0 Å². The first-order valence-corrected chi connectivity index (χ1v) is 62.7. The van der Waals surface area contributed by atoms with E-state index in [1.807, 2.05) is 22.7 Å². The van der Waals surface area contributed by atoms with Crippen molar-refractivity contribution in [2.75, 3.05) is 52.9 Å². The normalized spacial score (nSPS) is 12.3. The van der Waals surface area contributed by atoms with E-state index in [0.29, 0.717) is 26.4 Å². The van der Waals surface area contributed by atoms with Gasteiger partial charge in [0.05, 0.1) is 69.0 Å². The molecule has 0 aliphatic rings. The first kappa shape index (κ1) is 102. The average Bonchev–Trinajstić information content (AvgIpc) is 1.39. The third kappa shape index (κ3) is 36.3. The molecule has 2 heterocycles. The predicted octanol–water partition coefficient (Wildman–Crippen LogP) is 29.9. The fourth-order valence-electron chi connectivity index (χ4n) is 15.4. The fourth-order valence-corrected chi connectivity index (χ4v) is 27.1. The molecule has 0 N–H and O–H groups in total. The minimum absolute atomic E-state index is 0.653. The second-order valence-corrected chi connectivity index (χ2v) is 58.5. The third-order valence-corrected chi connectivity index (χ3v) is 38.9. The lowest BCUT2D eigenvalue weighted by atomic mass is 10.1. The highest BCUT2D eigenvalue weighted by Crippen LogP contribution is 2.36. The summed E-state index contributed by atoms with van der Waals surface area (Å²) >= 11 is 3.84. The molecule has 0 atom stereocenters. The standard InChI is InChI=1S/C104H168O8S2Si4/c1-19-27-35-43-51-69-105-91-81-99(115(9,10)11)95(109-73-55-47-39-31-23-5)77-87(91)61-63-89-65-67-103(113-89)117(15,16)101-83-93(107-71-53-45-37-29-21-3)85(79-97(101)111-75-57-49-41-33-25-7)59-60-86-80-98(112-76-58-50-42-34-26-8)102(84-94(86)108-72-54-46-38-30-22-4)118(17,18)104-68-66-90(114-104)64-62-88-78-96(110-74-56-48-40-32-24-6)100(116(12,13)14)82-92(88)106-70-52-44-36-28-20-2/h59-68,77-84H,19-58,69-76H2,1-18H3/b60-59+,63-61+,64-62+. The van der Waals surface area contributed by atoms with Crippen molar-refractivity contribution in [1.29, 1.82) is 0 Å². The maximum Gasteiger partial charge on any atom is 0.129 e. The first-order chi connectivity index (χ1) is 57.1. The SMILES string of the molecule is CCCCCCCOc1cc([Si](C)(C)C)c(OCCCCCCC)cc1/C=C/c1ccc([Si](C)(C)c2cc(OCCCCCCC)c(/C=C/c3cc(OCCCCCCC)c([Si](C)(C)c4ccc(/C=C/c5cc(OCCCCCCC)c([Si](C)(C)C)cc5OCCCCCCC)s4)cc3OCCCCCCC)cc2OCCCCCCC)s1. The maximum atomic E-state index is 7.21. The van der Waals surface area contributed by atoms with Crippen LogP contribution >= 0.6 is 22.7 Å². The van der Waals surface area contributed by atoms with Gasteiger partial charge in [0.25, 0.3) is 0 Å². The Morgan fingerprint density at radius 2 is 0.398 bits per heavy atom. The molecule has 6 aromatic rings. The number of ether oxygens (including phenoxy) is 8. The minimum Gasteiger partial charge on any atom is -0.494 e. The molecule has 0 aliphatic heterocycles. The number of unbranched alkanes of at least 4 members (excludes halogenated alkanes) is 32. The van der Waals surface area contributed by atoms with Crippen LogP contribution in [0.1, 0.15) is 344 Å². The summed E-state index contributed by atoms with van der Waals surface area (Å²) in [7, 11) is -8.57. The second-order valence-electron chi connectivity index (χ2n) is 36.8. The highest BCUT2D eigenvalue weighted by atomic mass is 32.1. The molecule has 0 unspecified atom stereocenters. The minimum atomic E-state index is -2.48. The summed E-state index contributed by atoms with van der Waals surface area (Å²) in [6.45, 7) is 48.5. The molecular weight excluding hydrogens is 1550 g/mol. The van der Waals surface area contributed by atoms with Crippen molar-refractivity contribution in [3.05, 3.63) is 105 Å². The molecule has 0 bridgehead atoms. The van der Waals surface area contributed by atoms with Gasteiger partial charge in [-0.1, -0.05) is 351 Å². The Morgan fingerprint density at radius 1 is 0.212 bits per heavy atom. The van der Waals surface area contributed by atoms with Gasteiger partial charge in [-0.15, -0.1) is 22.7 Å². The van der Waals surface area contributed by atoms with Crippen LogP contribution in [0.2, 0.25) is 65.5 Å². The van der Waals surface area contributed by atoms with E-state index in [1.165, 1.54) is 219 Å². The van der Waals surface area contributed by atoms with Crippen molar-refractivity contribution in [2.45, 2.75) is 378 Å². The van der Waals surface area contributed by atoms with Crippen molar-refractivity contribution < 1.29 is 37.9 Å². The van der Waals surface area contributed by atoms with E-state index in [1.54, 1.807) is 0 Å². The first-order valence-electron chi connectivity index (χ1n) is 48.1. The molecule has 2 aromatic heterocycles. The van der Waals surface area contributed by atoms with Gasteiger partial charge < -0.3 is 37.9 Å². The molecule has 660 valence electrons. The molecule has 8 nitrogen and oxygen atoms in total. The molecule has 0 saturated carbocycles. The van der Waals surface area contributed by atoms with Gasteiger partial charge in [0.1, 0.15) is 62.1 Å². The molecule has 0 aliphatic carbocycles. The maximum absolute atomic E-state index is 7.21. The number of benzene rings is 4. The zero-order chi connectivity index (χ0) is 85.3. The van der Waals surface area contributed by atoms with Crippen LogP contribution in [-0.4, -0.2) is 85.2 Å². The lowest BCUT2D eigenvalue weighted by Gasteiger charge is -2.27. The van der Waals surface area contributed by atoms with Gasteiger partial charge in [0.2, 0.25) is 0 Å². The zero-order valence-electron chi connectivity index (χ0n) is 78.4. The number of hydrogen-bond acceptors (Lipinski definition) is 10. The number of thiophene rings is 2. The van der Waals surface area contributed by atoms with Gasteiger partial charge in [-0.25, -0.2) is 0 Å². The summed E-state index contributed by atoms with van der Waals surface area (Å²) in [5.74, 6) is 7.77. The lowest BCUT2D eigenvalue weighted by molar-refractivity contribution is 0.297. The van der Waals surface area contributed by atoms with E-state index in [9.17, 15) is 0 Å². The van der Waals surface area contributed by atoms with Crippen LogP contribution < -0.4 is 67.6 Å². The van der Waals surface area contributed by atoms with Gasteiger partial charge in [0.15, 0.2) is 0 Å². The van der Waals surface area contributed by atoms with E-state index >= 15 is 0 Å². The van der Waals surface area contributed by atoms with E-state index in [4.69, 9.17) is 37.9 Å². The van der Waals surface area contributed by atoms with Crippen LogP contribution in [0.25, 0.3) is 36.5 Å². The lowest BCUT2D eigenvalue weighted by Crippen LogP contribution is -2.52. The van der Waals surface area contributed by atoms with Crippen molar-refractivity contribution >= 4 is 121 Å². The smallest absolute Gasteiger partial charge is 0.129 e. The predicted molar refractivity (Wildman–Crippen MR) is 535 cm³/mol. The van der Waals surface area contributed by atoms with Crippen LogP contribution in [-0.2, 0) is 0 Å². The Bertz CT molecular complexity index is 3570. The van der Waals surface area contributed by atoms with E-state index in [-0.39, 0.29) is 0 Å². The van der Waals surface area contributed by atoms with Crippen LogP contribution in [0, 0.1) is 0 Å². The molecule has 6 rings (SSSR count). The zero-order valence-corrected chi connectivity index (χ0v) is 84.0. The quantitative estimate of drug-likeness (QED) is 0.0212. The highest BCUT2D eigenvalue weighted by Gasteiger charge is 2.35. The number of hydrogen-bond donors (Lipinski definition) is 0. The Morgan fingerprint density at radius 3 is 0.610 bits per heavy atom. The van der Waals surface area contributed by atoms with Crippen molar-refractivity contribution in [3.8, 4) is 46.0 Å². The number of rotatable bonds is 68. The Balaban J connectivity index is 1.48. The second kappa shape index (κ2) is 57.3. The summed E-state index contributed by atoms with van der Waals surface area (Å²) in [5.41, 5.74) is 4.22. The third-order valence-electron chi connectivity index (χ3n) is 23.2. The molecule has 0 spiro atoms. The van der Waals surface area contributed by atoms with E-state index in [0.717, 1.165) is 172 Å². The van der Waals surface area contributed by atoms with Crippen LogP contribution in [0.15, 0.2) is 72.8 Å². The highest BCUT2D eigenvalue weighted by molar-refractivity contribution is 7.30. The van der Waals surface area contributed by atoms with Gasteiger partial charge in [0, 0.05) is 32.0 Å². The van der Waals surface area contributed by atoms with Crippen molar-refractivity contribution in [1.82, 2.24) is 0 Å². The summed E-state index contributed by atoms with van der Waals surface area (Å²) in [6.07, 6.45) is 61.3. The Labute approximate surface area is 735 Å². The van der Waals surface area contributed by atoms with E-state index < -0.39 is 32.3 Å². The largest absolute Gasteiger partial charge is 0.494 e. The van der Waals surface area contributed by atoms with Crippen molar-refractivity contribution in [2.24, 2.45) is 0 Å². The van der Waals surface area contributed by atoms with Crippen LogP contribution in [0.4, 0.5) is 0 Å². The van der Waals surface area contributed by atoms with Gasteiger partial charge in [-0.2, -0.15) is 0 Å². The van der Waals surface area contributed by atoms with Crippen LogP contribution in [0.5, 0.6) is 46.0 Å². The molecule has 4 aromatic carbocycles. The van der Waals surface area contributed by atoms with E-state index in [2.05, 4.69) is 230 Å². The van der Waals surface area contributed by atoms with Gasteiger partial charge in [-0.3, -0.25) is 0 Å². The summed E-state index contributed by atoms with van der Waals surface area (Å²) in [6, 6.07) is 28.2. The Kier molecular flexibility index (Phi) is 49.3. The summed E-state index contributed by atoms with van der Waals surface area (Å²) in [4.78, 5) is 2.45. The Hall–Kier alpha value is -5.23. The summed E-state index contributed by atoms with van der Waals surface area (Å²) < 4.78 is 58.8. The molecule has 0 amide bonds.